The number of amides is 2. The quantitative estimate of drug-likeness (QED) is 0.772. The van der Waals surface area contributed by atoms with E-state index in [9.17, 15) is 22.8 Å². The van der Waals surface area contributed by atoms with Gasteiger partial charge >= 0.3 is 6.18 Å². The van der Waals surface area contributed by atoms with E-state index in [1.807, 2.05) is 0 Å². The predicted molar refractivity (Wildman–Crippen MR) is 92.6 cm³/mol. The number of aromatic nitrogens is 1. The van der Waals surface area contributed by atoms with Gasteiger partial charge in [-0.2, -0.15) is 13.2 Å². The molecule has 0 aliphatic carbocycles. The Balaban J connectivity index is 2.28. The highest BCUT2D eigenvalue weighted by Crippen LogP contribution is 2.20. The summed E-state index contributed by atoms with van der Waals surface area (Å²) in [7, 11) is 3.12. The molecule has 9 heteroatoms. The van der Waals surface area contributed by atoms with Crippen molar-refractivity contribution < 1.29 is 27.5 Å². The average molecular weight is 381 g/mol. The Morgan fingerprint density at radius 2 is 1.78 bits per heavy atom. The third-order valence-corrected chi connectivity index (χ3v) is 3.47. The van der Waals surface area contributed by atoms with E-state index in [2.05, 4.69) is 9.72 Å². The molecule has 144 valence electrons. The van der Waals surface area contributed by atoms with Crippen LogP contribution in [-0.2, 0) is 4.79 Å². The molecule has 0 unspecified atom stereocenters. The van der Waals surface area contributed by atoms with Gasteiger partial charge in [-0.05, 0) is 18.2 Å². The topological polar surface area (TPSA) is 62.7 Å². The summed E-state index contributed by atoms with van der Waals surface area (Å²) in [5.74, 6) is -1.20. The molecule has 0 aliphatic heterocycles. The summed E-state index contributed by atoms with van der Waals surface area (Å²) in [4.78, 5) is 31.3. The number of hydrogen-bond acceptors (Lipinski definition) is 4. The molecule has 0 saturated heterocycles. The highest BCUT2D eigenvalue weighted by molar-refractivity contribution is 6.08. The Kier molecular flexibility index (Phi) is 6.38. The van der Waals surface area contributed by atoms with Crippen molar-refractivity contribution in [2.45, 2.75) is 6.18 Å². The molecular weight excluding hydrogens is 363 g/mol. The average Bonchev–Trinajstić information content (AvgIpc) is 2.64. The minimum atomic E-state index is -4.52. The first-order chi connectivity index (χ1) is 12.7. The Morgan fingerprint density at radius 1 is 1.11 bits per heavy atom. The van der Waals surface area contributed by atoms with Crippen LogP contribution in [0.1, 0.15) is 10.4 Å². The molecule has 1 aromatic carbocycles. The summed E-state index contributed by atoms with van der Waals surface area (Å²) >= 11 is 0. The van der Waals surface area contributed by atoms with Gasteiger partial charge in [0.05, 0.1) is 0 Å². The van der Waals surface area contributed by atoms with Gasteiger partial charge in [0, 0.05) is 37.6 Å². The van der Waals surface area contributed by atoms with Crippen LogP contribution in [-0.4, -0.2) is 55.1 Å². The van der Waals surface area contributed by atoms with E-state index in [-0.39, 0.29) is 23.9 Å². The zero-order valence-electron chi connectivity index (χ0n) is 14.7. The highest BCUT2D eigenvalue weighted by Gasteiger charge is 2.29. The number of nitrogens with zero attached hydrogens (tertiary/aromatic N) is 3. The molecule has 0 spiro atoms. The van der Waals surface area contributed by atoms with E-state index in [0.717, 1.165) is 6.07 Å². The van der Waals surface area contributed by atoms with Crippen molar-refractivity contribution in [2.24, 2.45) is 0 Å². The van der Waals surface area contributed by atoms with Crippen molar-refractivity contribution in [2.75, 3.05) is 32.1 Å². The number of rotatable bonds is 6. The highest BCUT2D eigenvalue weighted by atomic mass is 19.4. The third-order valence-electron chi connectivity index (χ3n) is 3.47. The maximum absolute atomic E-state index is 12.9. The van der Waals surface area contributed by atoms with E-state index in [0.29, 0.717) is 5.69 Å². The van der Waals surface area contributed by atoms with Crippen molar-refractivity contribution in [3.63, 3.8) is 0 Å². The van der Waals surface area contributed by atoms with Crippen molar-refractivity contribution >= 4 is 17.5 Å². The van der Waals surface area contributed by atoms with E-state index < -0.39 is 18.7 Å². The maximum Gasteiger partial charge on any atom is 0.422 e. The fourth-order valence-corrected chi connectivity index (χ4v) is 2.10. The second-order valence-corrected chi connectivity index (χ2v) is 5.80. The minimum absolute atomic E-state index is 0.0533. The molecule has 1 heterocycles. The van der Waals surface area contributed by atoms with Gasteiger partial charge in [-0.25, -0.2) is 4.98 Å². The van der Waals surface area contributed by atoms with Crippen LogP contribution in [0.2, 0.25) is 0 Å². The van der Waals surface area contributed by atoms with Gasteiger partial charge in [-0.15, -0.1) is 0 Å². The first-order valence-electron chi connectivity index (χ1n) is 7.90. The molecule has 2 aromatic rings. The summed E-state index contributed by atoms with van der Waals surface area (Å²) in [6, 6.07) is 10.9. The van der Waals surface area contributed by atoms with Gasteiger partial charge < -0.3 is 9.64 Å². The van der Waals surface area contributed by atoms with Crippen molar-refractivity contribution in [3.8, 4) is 5.88 Å². The zero-order chi connectivity index (χ0) is 20.0. The normalized spacial score (nSPS) is 11.0. The molecule has 0 radical (unpaired) electrons. The van der Waals surface area contributed by atoms with Crippen LogP contribution in [0.25, 0.3) is 0 Å². The number of ether oxygens (including phenoxy) is 1. The molecule has 2 amide bonds. The van der Waals surface area contributed by atoms with Crippen LogP contribution >= 0.6 is 0 Å². The first kappa shape index (κ1) is 20.2. The molecule has 27 heavy (non-hydrogen) atoms. The number of hydrogen-bond donors (Lipinski definition) is 0. The largest absolute Gasteiger partial charge is 0.468 e. The van der Waals surface area contributed by atoms with Gasteiger partial charge in [-0.1, -0.05) is 18.2 Å². The number of para-hydroxylation sites is 1. The number of likely N-dealkylation sites (N-methyl/N-ethyl adjacent to an activating group) is 1. The molecular formula is C18H18F3N3O3. The van der Waals surface area contributed by atoms with Crippen LogP contribution in [0.15, 0.2) is 48.7 Å². The van der Waals surface area contributed by atoms with E-state index in [1.165, 1.54) is 22.1 Å². The monoisotopic (exact) mass is 381 g/mol. The minimum Gasteiger partial charge on any atom is -0.468 e. The number of halogens is 3. The zero-order valence-corrected chi connectivity index (χ0v) is 14.7. The van der Waals surface area contributed by atoms with Gasteiger partial charge in [0.1, 0.15) is 6.54 Å². The fourth-order valence-electron chi connectivity index (χ4n) is 2.10. The van der Waals surface area contributed by atoms with Crippen molar-refractivity contribution in [1.82, 2.24) is 9.88 Å². The standard InChI is InChI=1S/C18H18F3N3O3/c1-23(2)16(25)11-24(14-6-4-3-5-7-14)17(26)13-8-9-22-15(10-13)27-12-18(19,20)21/h3-10H,11-12H2,1-2H3. The second-order valence-electron chi connectivity index (χ2n) is 5.80. The van der Waals surface area contributed by atoms with Crippen LogP contribution < -0.4 is 9.64 Å². The summed E-state index contributed by atoms with van der Waals surface area (Å²) in [6.07, 6.45) is -3.34. The number of pyridine rings is 1. The van der Waals surface area contributed by atoms with Crippen LogP contribution in [0.4, 0.5) is 18.9 Å². The Morgan fingerprint density at radius 3 is 2.37 bits per heavy atom. The Hall–Kier alpha value is -3.10. The Bertz CT molecular complexity index is 795. The second kappa shape index (κ2) is 8.52. The lowest BCUT2D eigenvalue weighted by atomic mass is 10.2. The molecule has 1 aromatic heterocycles. The lowest BCUT2D eigenvalue weighted by Gasteiger charge is -2.24. The molecule has 0 atom stereocenters. The number of anilines is 1. The summed E-state index contributed by atoms with van der Waals surface area (Å²) in [5.41, 5.74) is 0.532. The van der Waals surface area contributed by atoms with Gasteiger partial charge in [0.2, 0.25) is 11.8 Å². The molecule has 0 saturated carbocycles. The molecule has 0 N–H and O–H groups in total. The Labute approximate surface area is 154 Å². The molecule has 6 nitrogen and oxygen atoms in total. The number of benzene rings is 1. The van der Waals surface area contributed by atoms with E-state index in [4.69, 9.17) is 0 Å². The fraction of sp³-hybridized carbons (Fsp3) is 0.278. The molecule has 0 fully saturated rings. The molecule has 0 bridgehead atoms. The summed E-state index contributed by atoms with van der Waals surface area (Å²) in [5, 5.41) is 0. The number of alkyl halides is 3. The van der Waals surface area contributed by atoms with Crippen LogP contribution in [0.3, 0.4) is 0 Å². The summed E-state index contributed by atoms with van der Waals surface area (Å²) < 4.78 is 41.5. The van der Waals surface area contributed by atoms with Crippen molar-refractivity contribution in [1.29, 1.82) is 0 Å². The molecule has 0 aliphatic rings. The first-order valence-corrected chi connectivity index (χ1v) is 7.90. The number of carbonyl (C=O) groups is 2. The SMILES string of the molecule is CN(C)C(=O)CN(C(=O)c1ccnc(OCC(F)(F)F)c1)c1ccccc1. The number of carbonyl (C=O) groups excluding carboxylic acids is 2. The lowest BCUT2D eigenvalue weighted by molar-refractivity contribution is -0.154. The van der Waals surface area contributed by atoms with E-state index in [1.54, 1.807) is 44.4 Å². The lowest BCUT2D eigenvalue weighted by Crippen LogP contribution is -2.40. The maximum atomic E-state index is 12.9. The van der Waals surface area contributed by atoms with Gasteiger partial charge in [-0.3, -0.25) is 14.5 Å². The van der Waals surface area contributed by atoms with Gasteiger partial charge in [0.25, 0.3) is 5.91 Å². The summed E-state index contributed by atoms with van der Waals surface area (Å²) in [6.45, 7) is -1.74. The van der Waals surface area contributed by atoms with Crippen LogP contribution in [0.5, 0.6) is 5.88 Å². The van der Waals surface area contributed by atoms with Gasteiger partial charge in [0.15, 0.2) is 6.61 Å². The van der Waals surface area contributed by atoms with E-state index >= 15 is 0 Å². The third kappa shape index (κ3) is 5.98. The van der Waals surface area contributed by atoms with Crippen molar-refractivity contribution in [3.05, 3.63) is 54.2 Å². The van der Waals surface area contributed by atoms with Crippen LogP contribution in [0, 0.1) is 0 Å². The predicted octanol–water partition coefficient (Wildman–Crippen LogP) is 2.76. The molecule has 2 rings (SSSR count). The smallest absolute Gasteiger partial charge is 0.422 e.